The first-order valence-corrected chi connectivity index (χ1v) is 6.06. The molecule has 0 heterocycles. The van der Waals surface area contributed by atoms with Crippen LogP contribution in [0.1, 0.15) is 52.9 Å². The quantitative estimate of drug-likeness (QED) is 0.485. The second-order valence-electron chi connectivity index (χ2n) is 5.24. The molecular formula is C15H24. The van der Waals surface area contributed by atoms with Gasteiger partial charge in [0.1, 0.15) is 0 Å². The van der Waals surface area contributed by atoms with E-state index in [-0.39, 0.29) is 5.41 Å². The van der Waals surface area contributed by atoms with E-state index in [2.05, 4.69) is 45.6 Å². The fourth-order valence-electron chi connectivity index (χ4n) is 1.88. The lowest BCUT2D eigenvalue weighted by molar-refractivity contribution is 0.593. The van der Waals surface area contributed by atoms with Gasteiger partial charge < -0.3 is 0 Å². The Morgan fingerprint density at radius 1 is 1.20 bits per heavy atom. The molecule has 15 heavy (non-hydrogen) atoms. The van der Waals surface area contributed by atoms with Crippen LogP contribution in [0.2, 0.25) is 0 Å². The molecular weight excluding hydrogens is 180 g/mol. The third-order valence-electron chi connectivity index (χ3n) is 3.22. The summed E-state index contributed by atoms with van der Waals surface area (Å²) in [4.78, 5) is 0. The molecule has 0 aromatic rings. The fourth-order valence-corrected chi connectivity index (χ4v) is 1.88. The summed E-state index contributed by atoms with van der Waals surface area (Å²) < 4.78 is 0. The van der Waals surface area contributed by atoms with Crippen molar-refractivity contribution in [3.8, 4) is 0 Å². The first-order valence-electron chi connectivity index (χ1n) is 6.06. The molecule has 0 unspecified atom stereocenters. The van der Waals surface area contributed by atoms with Gasteiger partial charge in [-0.3, -0.25) is 0 Å². The van der Waals surface area contributed by atoms with Crippen LogP contribution in [0.25, 0.3) is 0 Å². The van der Waals surface area contributed by atoms with Crippen molar-refractivity contribution in [1.82, 2.24) is 0 Å². The van der Waals surface area contributed by atoms with Gasteiger partial charge in [0.2, 0.25) is 0 Å². The summed E-state index contributed by atoms with van der Waals surface area (Å²) in [6.45, 7) is 10.9. The van der Waals surface area contributed by atoms with Crippen molar-refractivity contribution >= 4 is 0 Å². The second-order valence-corrected chi connectivity index (χ2v) is 5.24. The van der Waals surface area contributed by atoms with E-state index in [1.54, 1.807) is 0 Å². The summed E-state index contributed by atoms with van der Waals surface area (Å²) in [7, 11) is 0. The molecule has 1 aliphatic rings. The van der Waals surface area contributed by atoms with Crippen molar-refractivity contribution in [1.29, 1.82) is 0 Å². The van der Waals surface area contributed by atoms with Crippen LogP contribution in [-0.2, 0) is 0 Å². The van der Waals surface area contributed by atoms with E-state index in [0.717, 1.165) is 0 Å². The monoisotopic (exact) mass is 204 g/mol. The van der Waals surface area contributed by atoms with E-state index in [1.165, 1.54) is 43.3 Å². The van der Waals surface area contributed by atoms with Crippen LogP contribution in [0, 0.1) is 5.41 Å². The standard InChI is InChI=1S/C15H24/c1-13-10-8-6-5-7-9-11-15(3,4)14(2)12-13/h9,11-12H,2,5-8,10H2,1,3-4H3. The van der Waals surface area contributed by atoms with Gasteiger partial charge in [-0.25, -0.2) is 0 Å². The summed E-state index contributed by atoms with van der Waals surface area (Å²) in [5.74, 6) is 0. The summed E-state index contributed by atoms with van der Waals surface area (Å²) in [5.41, 5.74) is 2.83. The van der Waals surface area contributed by atoms with E-state index in [0.29, 0.717) is 0 Å². The fraction of sp³-hybridized carbons (Fsp3) is 0.600. The van der Waals surface area contributed by atoms with Crippen LogP contribution in [0.3, 0.4) is 0 Å². The molecule has 0 nitrogen and oxygen atoms in total. The molecule has 0 atom stereocenters. The van der Waals surface area contributed by atoms with Gasteiger partial charge in [-0.05, 0) is 38.2 Å². The summed E-state index contributed by atoms with van der Waals surface area (Å²) >= 11 is 0. The minimum absolute atomic E-state index is 0.117. The van der Waals surface area contributed by atoms with Gasteiger partial charge in [0.15, 0.2) is 0 Å². The largest absolute Gasteiger partial charge is 0.0950 e. The Labute approximate surface area is 94.8 Å². The van der Waals surface area contributed by atoms with E-state index >= 15 is 0 Å². The lowest BCUT2D eigenvalue weighted by atomic mass is 9.83. The smallest absolute Gasteiger partial charge is 0.00694 e. The van der Waals surface area contributed by atoms with Crippen LogP contribution in [0.15, 0.2) is 36.0 Å². The van der Waals surface area contributed by atoms with Gasteiger partial charge in [-0.15, -0.1) is 0 Å². The van der Waals surface area contributed by atoms with Gasteiger partial charge in [0, 0.05) is 5.41 Å². The minimum Gasteiger partial charge on any atom is -0.0950 e. The van der Waals surface area contributed by atoms with Crippen LogP contribution < -0.4 is 0 Å². The zero-order valence-electron chi connectivity index (χ0n) is 10.5. The molecule has 0 heteroatoms. The Morgan fingerprint density at radius 2 is 1.93 bits per heavy atom. The van der Waals surface area contributed by atoms with Crippen molar-refractivity contribution in [3.05, 3.63) is 36.0 Å². The Balaban J connectivity index is 2.83. The van der Waals surface area contributed by atoms with E-state index < -0.39 is 0 Å². The highest BCUT2D eigenvalue weighted by Crippen LogP contribution is 2.30. The van der Waals surface area contributed by atoms with Gasteiger partial charge in [0.05, 0.1) is 0 Å². The van der Waals surface area contributed by atoms with Gasteiger partial charge in [-0.2, -0.15) is 0 Å². The zero-order valence-corrected chi connectivity index (χ0v) is 10.5. The van der Waals surface area contributed by atoms with Crippen LogP contribution >= 0.6 is 0 Å². The third kappa shape index (κ3) is 4.07. The van der Waals surface area contributed by atoms with Gasteiger partial charge in [-0.1, -0.05) is 50.6 Å². The molecule has 0 saturated carbocycles. The number of hydrogen-bond donors (Lipinski definition) is 0. The van der Waals surface area contributed by atoms with Crippen molar-refractivity contribution in [2.75, 3.05) is 0 Å². The van der Waals surface area contributed by atoms with Crippen molar-refractivity contribution in [3.63, 3.8) is 0 Å². The Hall–Kier alpha value is -0.780. The molecule has 0 aliphatic heterocycles. The van der Waals surface area contributed by atoms with Crippen molar-refractivity contribution in [2.45, 2.75) is 52.9 Å². The molecule has 0 saturated heterocycles. The molecule has 0 spiro atoms. The highest BCUT2D eigenvalue weighted by atomic mass is 14.2. The Morgan fingerprint density at radius 3 is 2.67 bits per heavy atom. The van der Waals surface area contributed by atoms with Crippen LogP contribution in [0.4, 0.5) is 0 Å². The first kappa shape index (κ1) is 12.3. The molecule has 0 amide bonds. The number of rotatable bonds is 0. The molecule has 0 bridgehead atoms. The Kier molecular flexibility index (Phi) is 4.38. The third-order valence-corrected chi connectivity index (χ3v) is 3.22. The lowest BCUT2D eigenvalue weighted by Gasteiger charge is -2.21. The van der Waals surface area contributed by atoms with Gasteiger partial charge in [0.25, 0.3) is 0 Å². The minimum atomic E-state index is 0.117. The molecule has 84 valence electrons. The highest BCUT2D eigenvalue weighted by molar-refractivity contribution is 5.29. The normalized spacial score (nSPS) is 23.1. The maximum Gasteiger partial charge on any atom is 0.00694 e. The molecule has 0 fully saturated rings. The Bertz CT molecular complexity index is 276. The highest BCUT2D eigenvalue weighted by Gasteiger charge is 2.16. The predicted octanol–water partition coefficient (Wildman–Crippen LogP) is 5.04. The topological polar surface area (TPSA) is 0 Å². The van der Waals surface area contributed by atoms with Crippen molar-refractivity contribution < 1.29 is 0 Å². The van der Waals surface area contributed by atoms with Crippen molar-refractivity contribution in [2.24, 2.45) is 5.41 Å². The van der Waals surface area contributed by atoms with E-state index in [4.69, 9.17) is 0 Å². The average molecular weight is 204 g/mol. The summed E-state index contributed by atoms with van der Waals surface area (Å²) in [5, 5.41) is 0. The molecule has 1 aliphatic carbocycles. The number of hydrogen-bond acceptors (Lipinski definition) is 0. The zero-order chi connectivity index (χ0) is 11.3. The second kappa shape index (κ2) is 5.34. The van der Waals surface area contributed by atoms with Crippen LogP contribution in [0.5, 0.6) is 0 Å². The predicted molar refractivity (Wildman–Crippen MR) is 68.9 cm³/mol. The molecule has 0 N–H and O–H groups in total. The van der Waals surface area contributed by atoms with E-state index in [1.807, 2.05) is 0 Å². The number of allylic oxidation sites excluding steroid dienone is 5. The maximum absolute atomic E-state index is 4.19. The average Bonchev–Trinajstić information content (AvgIpc) is 2.16. The summed E-state index contributed by atoms with van der Waals surface area (Å²) in [6, 6.07) is 0. The molecule has 0 radical (unpaired) electrons. The molecule has 1 rings (SSSR count). The SMILES string of the molecule is C=C1C=C(C)CCCCCC=CC1(C)C. The van der Waals surface area contributed by atoms with E-state index in [9.17, 15) is 0 Å². The lowest BCUT2D eigenvalue weighted by Crippen LogP contribution is -2.09. The van der Waals surface area contributed by atoms with Gasteiger partial charge >= 0.3 is 0 Å². The maximum atomic E-state index is 4.19. The molecule has 0 aromatic heterocycles. The first-order chi connectivity index (χ1) is 7.02. The molecule has 0 aromatic carbocycles. The van der Waals surface area contributed by atoms with Crippen LogP contribution in [-0.4, -0.2) is 0 Å². The summed E-state index contributed by atoms with van der Waals surface area (Å²) in [6.07, 6.45) is 13.4.